The van der Waals surface area contributed by atoms with Crippen molar-refractivity contribution in [3.63, 3.8) is 0 Å². The molecule has 0 saturated carbocycles. The van der Waals surface area contributed by atoms with Gasteiger partial charge in [0.1, 0.15) is 11.2 Å². The lowest BCUT2D eigenvalue weighted by Crippen LogP contribution is -2.42. The Balaban J connectivity index is 1.24. The van der Waals surface area contributed by atoms with Gasteiger partial charge in [0.05, 0.1) is 18.3 Å². The normalized spacial score (nSPS) is 31.6. The molecule has 0 aromatic heterocycles. The predicted octanol–water partition coefficient (Wildman–Crippen LogP) is 4.83. The zero-order chi connectivity index (χ0) is 19.6. The Labute approximate surface area is 179 Å². The first kappa shape index (κ1) is 19.4. The molecule has 4 aliphatic rings. The number of amidine groups is 1. The Morgan fingerprint density at radius 3 is 2.79 bits per heavy atom. The molecular formula is C24H32N4S. The van der Waals surface area contributed by atoms with E-state index in [-0.39, 0.29) is 0 Å². The molecule has 1 fully saturated rings. The lowest BCUT2D eigenvalue weighted by Gasteiger charge is -2.32. The van der Waals surface area contributed by atoms with Crippen LogP contribution >= 0.6 is 11.8 Å². The second-order valence-corrected chi connectivity index (χ2v) is 10.1. The number of thioether (sulfide) groups is 1. The molecule has 1 N–H and O–H groups in total. The summed E-state index contributed by atoms with van der Waals surface area (Å²) in [5.41, 5.74) is 3.06. The van der Waals surface area contributed by atoms with Gasteiger partial charge in [0, 0.05) is 19.6 Å². The van der Waals surface area contributed by atoms with E-state index in [0.29, 0.717) is 17.3 Å². The van der Waals surface area contributed by atoms with Gasteiger partial charge in [-0.1, -0.05) is 43.7 Å². The van der Waals surface area contributed by atoms with E-state index in [4.69, 9.17) is 9.98 Å². The first-order valence-corrected chi connectivity index (χ1v) is 12.2. The van der Waals surface area contributed by atoms with Gasteiger partial charge in [0.15, 0.2) is 0 Å². The highest BCUT2D eigenvalue weighted by Crippen LogP contribution is 2.51. The Hall–Kier alpha value is -1.59. The van der Waals surface area contributed by atoms with Gasteiger partial charge in [-0.25, -0.2) is 0 Å². The molecule has 3 heterocycles. The minimum atomic E-state index is 0.328. The Morgan fingerprint density at radius 1 is 1.17 bits per heavy atom. The Bertz CT molecular complexity index is 807. The average molecular weight is 409 g/mol. The van der Waals surface area contributed by atoms with Crippen molar-refractivity contribution in [2.45, 2.75) is 63.4 Å². The summed E-state index contributed by atoms with van der Waals surface area (Å²) >= 11 is 2.02. The van der Waals surface area contributed by atoms with Crippen LogP contribution in [0, 0.1) is 11.8 Å². The second-order valence-electron chi connectivity index (χ2n) is 8.88. The van der Waals surface area contributed by atoms with Crippen molar-refractivity contribution < 1.29 is 0 Å². The molecule has 0 bridgehead atoms. The van der Waals surface area contributed by atoms with Gasteiger partial charge in [-0.3, -0.25) is 14.9 Å². The molecule has 154 valence electrons. The number of hydrogen-bond donors (Lipinski definition) is 1. The van der Waals surface area contributed by atoms with Crippen LogP contribution in [0.3, 0.4) is 0 Å². The van der Waals surface area contributed by atoms with Crippen LogP contribution in [0.1, 0.15) is 51.0 Å². The standard InChI is InChI=1S/C24H32N4S/c1-2-17-8-9-20-21(14-17)29-24-22(20)23(25-16-26-24)27-19-10-12-28(13-11-19)15-18-6-4-3-5-7-18/h3-7,16-17,19,22,24H,2,8-15H2,1H3,(H,25,26,27). The Kier molecular flexibility index (Phi) is 5.78. The maximum atomic E-state index is 5.25. The summed E-state index contributed by atoms with van der Waals surface area (Å²) in [6.45, 7) is 5.67. The average Bonchev–Trinajstić information content (AvgIpc) is 3.14. The third kappa shape index (κ3) is 4.17. The molecule has 1 aromatic rings. The molecule has 3 unspecified atom stereocenters. The molecule has 1 aromatic carbocycles. The maximum Gasteiger partial charge on any atom is 0.115 e. The lowest BCUT2D eigenvalue weighted by molar-refractivity contribution is 0.206. The fourth-order valence-electron chi connectivity index (χ4n) is 5.23. The molecule has 1 aliphatic carbocycles. The molecule has 5 heteroatoms. The fraction of sp³-hybridized carbons (Fsp3) is 0.583. The van der Waals surface area contributed by atoms with Crippen LogP contribution in [-0.2, 0) is 6.54 Å². The van der Waals surface area contributed by atoms with E-state index in [1.165, 1.54) is 37.1 Å². The molecule has 29 heavy (non-hydrogen) atoms. The highest BCUT2D eigenvalue weighted by Gasteiger charge is 2.42. The van der Waals surface area contributed by atoms with E-state index in [1.807, 2.05) is 18.1 Å². The van der Waals surface area contributed by atoms with Crippen LogP contribution < -0.4 is 5.32 Å². The van der Waals surface area contributed by atoms with Crippen LogP contribution in [-0.4, -0.2) is 41.6 Å². The van der Waals surface area contributed by atoms with Gasteiger partial charge in [-0.2, -0.15) is 0 Å². The zero-order valence-electron chi connectivity index (χ0n) is 17.4. The van der Waals surface area contributed by atoms with Gasteiger partial charge >= 0.3 is 0 Å². The summed E-state index contributed by atoms with van der Waals surface area (Å²) in [7, 11) is 0. The second kappa shape index (κ2) is 8.65. The number of hydrogen-bond acceptors (Lipinski definition) is 4. The first-order chi connectivity index (χ1) is 14.3. The molecule has 3 aliphatic heterocycles. The number of fused-ring (bicyclic) bond motifs is 2. The topological polar surface area (TPSA) is 40.0 Å². The van der Waals surface area contributed by atoms with Gasteiger partial charge in [-0.05, 0) is 54.1 Å². The molecule has 1 saturated heterocycles. The van der Waals surface area contributed by atoms with Crippen LogP contribution in [0.15, 0.2) is 50.8 Å². The number of nitrogens with one attached hydrogen (secondary N) is 1. The van der Waals surface area contributed by atoms with E-state index in [1.54, 1.807) is 10.5 Å². The summed E-state index contributed by atoms with van der Waals surface area (Å²) in [5, 5.41) is 3.77. The summed E-state index contributed by atoms with van der Waals surface area (Å²) in [6, 6.07) is 11.3. The van der Waals surface area contributed by atoms with Gasteiger partial charge in [-0.15, -0.1) is 11.8 Å². The molecule has 0 amide bonds. The largest absolute Gasteiger partial charge is 0.335 e. The van der Waals surface area contributed by atoms with Crippen molar-refractivity contribution >= 4 is 23.9 Å². The van der Waals surface area contributed by atoms with Crippen LogP contribution in [0.2, 0.25) is 0 Å². The monoisotopic (exact) mass is 408 g/mol. The molecular weight excluding hydrogens is 376 g/mol. The van der Waals surface area contributed by atoms with E-state index in [0.717, 1.165) is 38.4 Å². The summed E-state index contributed by atoms with van der Waals surface area (Å²) in [4.78, 5) is 14.2. The van der Waals surface area contributed by atoms with Crippen molar-refractivity contribution in [1.29, 1.82) is 0 Å². The van der Waals surface area contributed by atoms with E-state index in [9.17, 15) is 0 Å². The van der Waals surface area contributed by atoms with Gasteiger partial charge < -0.3 is 5.32 Å². The van der Waals surface area contributed by atoms with Crippen molar-refractivity contribution in [1.82, 2.24) is 10.2 Å². The van der Waals surface area contributed by atoms with E-state index >= 15 is 0 Å². The van der Waals surface area contributed by atoms with Crippen LogP contribution in [0.25, 0.3) is 0 Å². The fourth-order valence-corrected chi connectivity index (χ4v) is 6.78. The van der Waals surface area contributed by atoms with Crippen molar-refractivity contribution in [2.75, 3.05) is 13.1 Å². The maximum absolute atomic E-state index is 5.25. The number of nitrogens with zero attached hydrogens (tertiary/aromatic N) is 3. The molecule has 0 radical (unpaired) electrons. The molecule has 4 nitrogen and oxygen atoms in total. The summed E-state index contributed by atoms with van der Waals surface area (Å²) < 4.78 is 0. The number of allylic oxidation sites excluding steroid dienone is 1. The molecule has 5 rings (SSSR count). The quantitative estimate of drug-likeness (QED) is 0.775. The van der Waals surface area contributed by atoms with Gasteiger partial charge in [0.2, 0.25) is 0 Å². The highest BCUT2D eigenvalue weighted by molar-refractivity contribution is 8.04. The highest BCUT2D eigenvalue weighted by atomic mass is 32.2. The van der Waals surface area contributed by atoms with E-state index < -0.39 is 0 Å². The van der Waals surface area contributed by atoms with Crippen LogP contribution in [0.5, 0.6) is 0 Å². The van der Waals surface area contributed by atoms with Crippen molar-refractivity contribution in [2.24, 2.45) is 21.8 Å². The molecule has 3 atom stereocenters. The Morgan fingerprint density at radius 2 is 2.00 bits per heavy atom. The predicted molar refractivity (Wildman–Crippen MR) is 123 cm³/mol. The van der Waals surface area contributed by atoms with Gasteiger partial charge in [0.25, 0.3) is 0 Å². The minimum absolute atomic E-state index is 0.328. The summed E-state index contributed by atoms with van der Waals surface area (Å²) in [5.74, 6) is 2.46. The SMILES string of the molecule is CCC1CCC2=C(C1)SC1N=CNC(=NC3CCN(Cc4ccccc4)CC3)C21. The zero-order valence-corrected chi connectivity index (χ0v) is 18.2. The number of piperidine rings is 1. The van der Waals surface area contributed by atoms with Crippen molar-refractivity contribution in [3.05, 3.63) is 46.4 Å². The van der Waals surface area contributed by atoms with E-state index in [2.05, 4.69) is 47.5 Å². The number of rotatable bonds is 4. The number of benzene rings is 1. The first-order valence-electron chi connectivity index (χ1n) is 11.3. The molecule has 0 spiro atoms. The number of likely N-dealkylation sites (tertiary alicyclic amines) is 1. The third-order valence-corrected chi connectivity index (χ3v) is 8.36. The summed E-state index contributed by atoms with van der Waals surface area (Å²) in [6.07, 6.45) is 9.36. The van der Waals surface area contributed by atoms with Crippen LogP contribution in [0.4, 0.5) is 0 Å². The third-order valence-electron chi connectivity index (χ3n) is 7.01. The van der Waals surface area contributed by atoms with Crippen molar-refractivity contribution in [3.8, 4) is 0 Å². The number of aliphatic imine (C=N–C) groups is 2. The minimum Gasteiger partial charge on any atom is -0.335 e. The lowest BCUT2D eigenvalue weighted by atomic mass is 9.82. The smallest absolute Gasteiger partial charge is 0.115 e.